The van der Waals surface area contributed by atoms with E-state index in [0.29, 0.717) is 6.07 Å². The van der Waals surface area contributed by atoms with Crippen LogP contribution in [0.1, 0.15) is 11.1 Å². The molecule has 96 valence electrons. The van der Waals surface area contributed by atoms with Crippen LogP contribution in [-0.4, -0.2) is 5.96 Å². The Morgan fingerprint density at radius 2 is 1.82 bits per heavy atom. The van der Waals surface area contributed by atoms with Gasteiger partial charge in [-0.3, -0.25) is 0 Å². The first-order valence-electron chi connectivity index (χ1n) is 4.21. The van der Waals surface area contributed by atoms with Crippen LogP contribution in [0.2, 0.25) is 0 Å². The molecule has 0 aliphatic heterocycles. The molecular formula is C9H10F4IN3. The molecule has 0 atom stereocenters. The summed E-state index contributed by atoms with van der Waals surface area (Å²) >= 11 is 0. The third-order valence-corrected chi connectivity index (χ3v) is 1.81. The molecule has 4 N–H and O–H groups in total. The number of hydrogen-bond acceptors (Lipinski definition) is 1. The largest absolute Gasteiger partial charge is 0.416 e. The number of hydrogen-bond donors (Lipinski definition) is 2. The second-order valence-corrected chi connectivity index (χ2v) is 3.04. The predicted molar refractivity (Wildman–Crippen MR) is 66.3 cm³/mol. The van der Waals surface area contributed by atoms with Gasteiger partial charge in [0, 0.05) is 0 Å². The molecule has 1 aromatic carbocycles. The molecule has 0 unspecified atom stereocenters. The van der Waals surface area contributed by atoms with Crippen LogP contribution in [0.25, 0.3) is 0 Å². The summed E-state index contributed by atoms with van der Waals surface area (Å²) < 4.78 is 50.1. The van der Waals surface area contributed by atoms with Gasteiger partial charge in [0.25, 0.3) is 0 Å². The van der Waals surface area contributed by atoms with Crippen molar-refractivity contribution in [2.45, 2.75) is 12.7 Å². The van der Waals surface area contributed by atoms with Crippen molar-refractivity contribution >= 4 is 29.9 Å². The molecule has 0 aliphatic rings. The Hall–Kier alpha value is -1.06. The molecular weight excluding hydrogens is 353 g/mol. The smallest absolute Gasteiger partial charge is 0.370 e. The van der Waals surface area contributed by atoms with Crippen molar-refractivity contribution in [1.82, 2.24) is 0 Å². The zero-order chi connectivity index (χ0) is 12.3. The van der Waals surface area contributed by atoms with E-state index in [1.807, 2.05) is 0 Å². The average molecular weight is 363 g/mol. The summed E-state index contributed by atoms with van der Waals surface area (Å²) in [6, 6.07) is 2.34. The fraction of sp³-hybridized carbons (Fsp3) is 0.222. The molecule has 0 saturated carbocycles. The van der Waals surface area contributed by atoms with Gasteiger partial charge >= 0.3 is 6.18 Å². The Morgan fingerprint density at radius 3 is 2.29 bits per heavy atom. The summed E-state index contributed by atoms with van der Waals surface area (Å²) in [5.74, 6) is -1.28. The summed E-state index contributed by atoms with van der Waals surface area (Å²) in [5.41, 5.74) is 8.75. The van der Waals surface area contributed by atoms with Crippen LogP contribution >= 0.6 is 24.0 Å². The summed E-state index contributed by atoms with van der Waals surface area (Å²) in [6.07, 6.45) is -4.63. The fourth-order valence-corrected chi connectivity index (χ4v) is 1.13. The monoisotopic (exact) mass is 363 g/mol. The summed E-state index contributed by atoms with van der Waals surface area (Å²) in [5, 5.41) is 0. The highest BCUT2D eigenvalue weighted by molar-refractivity contribution is 14.0. The fourth-order valence-electron chi connectivity index (χ4n) is 1.13. The number of nitrogens with two attached hydrogens (primary N) is 2. The maximum atomic E-state index is 12.7. The normalized spacial score (nSPS) is 10.6. The molecule has 17 heavy (non-hydrogen) atoms. The molecule has 8 heteroatoms. The van der Waals surface area contributed by atoms with Crippen LogP contribution < -0.4 is 11.5 Å². The van der Waals surface area contributed by atoms with Crippen molar-refractivity contribution in [3.63, 3.8) is 0 Å². The van der Waals surface area contributed by atoms with Crippen molar-refractivity contribution in [3.8, 4) is 0 Å². The minimum Gasteiger partial charge on any atom is -0.370 e. The van der Waals surface area contributed by atoms with E-state index in [0.717, 1.165) is 12.1 Å². The van der Waals surface area contributed by atoms with Crippen molar-refractivity contribution in [2.75, 3.05) is 0 Å². The van der Waals surface area contributed by atoms with Crippen molar-refractivity contribution in [2.24, 2.45) is 16.5 Å². The van der Waals surface area contributed by atoms with E-state index >= 15 is 0 Å². The molecule has 1 aromatic rings. The van der Waals surface area contributed by atoms with Crippen LogP contribution in [0.5, 0.6) is 0 Å². The molecule has 1 rings (SSSR count). The second-order valence-electron chi connectivity index (χ2n) is 3.04. The van der Waals surface area contributed by atoms with Crippen molar-refractivity contribution < 1.29 is 17.6 Å². The molecule has 0 heterocycles. The first-order chi connectivity index (χ1) is 7.30. The average Bonchev–Trinajstić information content (AvgIpc) is 2.14. The van der Waals surface area contributed by atoms with Gasteiger partial charge in [-0.1, -0.05) is 6.07 Å². The van der Waals surface area contributed by atoms with E-state index in [1.54, 1.807) is 0 Å². The number of rotatable bonds is 2. The van der Waals surface area contributed by atoms with E-state index in [9.17, 15) is 17.6 Å². The molecule has 0 aliphatic carbocycles. The van der Waals surface area contributed by atoms with Gasteiger partial charge in [0.2, 0.25) is 0 Å². The number of nitrogens with zero attached hydrogens (tertiary/aromatic N) is 1. The Morgan fingerprint density at radius 1 is 1.24 bits per heavy atom. The lowest BCUT2D eigenvalue weighted by molar-refractivity contribution is -0.138. The topological polar surface area (TPSA) is 64.4 Å². The highest BCUT2D eigenvalue weighted by Crippen LogP contribution is 2.32. The minimum absolute atomic E-state index is 0. The number of guanidine groups is 1. The molecule has 0 radical (unpaired) electrons. The number of alkyl halides is 3. The van der Waals surface area contributed by atoms with E-state index in [-0.39, 0.29) is 42.0 Å². The van der Waals surface area contributed by atoms with E-state index < -0.39 is 17.6 Å². The van der Waals surface area contributed by atoms with E-state index in [4.69, 9.17) is 11.5 Å². The summed E-state index contributed by atoms with van der Waals surface area (Å²) in [6.45, 7) is -0.336. The third kappa shape index (κ3) is 4.75. The Labute approximate surface area is 112 Å². The van der Waals surface area contributed by atoms with Crippen LogP contribution in [0.4, 0.5) is 17.6 Å². The lowest BCUT2D eigenvalue weighted by Gasteiger charge is -2.11. The molecule has 0 spiro atoms. The highest BCUT2D eigenvalue weighted by Gasteiger charge is 2.33. The molecule has 0 saturated heterocycles. The van der Waals surface area contributed by atoms with Gasteiger partial charge in [0.05, 0.1) is 12.1 Å². The zero-order valence-electron chi connectivity index (χ0n) is 8.46. The predicted octanol–water partition coefficient (Wildman–Crippen LogP) is 2.24. The van der Waals surface area contributed by atoms with Crippen LogP contribution in [0.3, 0.4) is 0 Å². The first kappa shape index (κ1) is 15.9. The maximum Gasteiger partial charge on any atom is 0.416 e. The first-order valence-corrected chi connectivity index (χ1v) is 4.21. The Kier molecular flexibility index (Phi) is 5.66. The van der Waals surface area contributed by atoms with E-state index in [1.165, 1.54) is 0 Å². The van der Waals surface area contributed by atoms with Crippen molar-refractivity contribution in [3.05, 3.63) is 35.1 Å². The number of benzene rings is 1. The lowest BCUT2D eigenvalue weighted by Crippen LogP contribution is -2.23. The van der Waals surface area contributed by atoms with Crippen LogP contribution in [-0.2, 0) is 12.7 Å². The lowest BCUT2D eigenvalue weighted by atomic mass is 10.1. The molecule has 0 aromatic heterocycles. The highest BCUT2D eigenvalue weighted by atomic mass is 127. The summed E-state index contributed by atoms with van der Waals surface area (Å²) in [7, 11) is 0. The van der Waals surface area contributed by atoms with Gasteiger partial charge in [-0.2, -0.15) is 13.2 Å². The van der Waals surface area contributed by atoms with Crippen molar-refractivity contribution in [1.29, 1.82) is 0 Å². The standard InChI is InChI=1S/C9H9F4N3.HI/c10-6-2-1-5(4-16-8(14)15)7(3-6)9(11,12)13;/h1-3H,4H2,(H4,14,15,16);1H. The van der Waals surface area contributed by atoms with Gasteiger partial charge in [-0.05, 0) is 17.7 Å². The second kappa shape index (κ2) is 6.03. The zero-order valence-corrected chi connectivity index (χ0v) is 10.8. The maximum absolute atomic E-state index is 12.7. The SMILES string of the molecule is I.NC(N)=NCc1ccc(F)cc1C(F)(F)F. The molecule has 0 fully saturated rings. The summed E-state index contributed by atoms with van der Waals surface area (Å²) in [4.78, 5) is 3.45. The van der Waals surface area contributed by atoms with Gasteiger partial charge in [0.15, 0.2) is 5.96 Å². The molecule has 0 amide bonds. The van der Waals surface area contributed by atoms with Gasteiger partial charge in [-0.15, -0.1) is 24.0 Å². The molecule has 3 nitrogen and oxygen atoms in total. The Bertz CT molecular complexity index is 413. The van der Waals surface area contributed by atoms with Gasteiger partial charge in [0.1, 0.15) is 5.82 Å². The third-order valence-electron chi connectivity index (χ3n) is 1.81. The minimum atomic E-state index is -4.63. The quantitative estimate of drug-likeness (QED) is 0.366. The van der Waals surface area contributed by atoms with Crippen LogP contribution in [0.15, 0.2) is 23.2 Å². The van der Waals surface area contributed by atoms with E-state index in [2.05, 4.69) is 4.99 Å². The van der Waals surface area contributed by atoms with Gasteiger partial charge in [-0.25, -0.2) is 9.38 Å². The number of aliphatic imine (C=N–C) groups is 1. The molecule has 0 bridgehead atoms. The Balaban J connectivity index is 0.00000256. The number of halogens is 5. The van der Waals surface area contributed by atoms with Gasteiger partial charge < -0.3 is 11.5 Å². The van der Waals surface area contributed by atoms with Crippen LogP contribution in [0, 0.1) is 5.82 Å².